The molecule has 1 fully saturated rings. The van der Waals surface area contributed by atoms with Gasteiger partial charge in [0.2, 0.25) is 5.91 Å². The van der Waals surface area contributed by atoms with Crippen LogP contribution in [0.1, 0.15) is 41.2 Å². The molecule has 0 saturated heterocycles. The highest BCUT2D eigenvalue weighted by Crippen LogP contribution is 2.34. The lowest BCUT2D eigenvalue weighted by Gasteiger charge is -2.21. The fourth-order valence-corrected chi connectivity index (χ4v) is 3.11. The van der Waals surface area contributed by atoms with Crippen LogP contribution in [0.5, 0.6) is 0 Å². The number of carbonyl (C=O) groups excluding carboxylic acids is 1. The Hall–Kier alpha value is -2.70. The Morgan fingerprint density at radius 2 is 2.04 bits per heavy atom. The molecule has 120 valence electrons. The van der Waals surface area contributed by atoms with Gasteiger partial charge in [-0.25, -0.2) is 9.48 Å². The zero-order valence-corrected chi connectivity index (χ0v) is 12.6. The zero-order valence-electron chi connectivity index (χ0n) is 12.6. The average Bonchev–Trinajstić information content (AvgIpc) is 3.17. The molecule has 7 heteroatoms. The van der Waals surface area contributed by atoms with Crippen molar-refractivity contribution in [3.63, 3.8) is 0 Å². The van der Waals surface area contributed by atoms with E-state index in [1.54, 1.807) is 0 Å². The number of carboxylic acids is 1. The average molecular weight is 314 g/mol. The van der Waals surface area contributed by atoms with Crippen molar-refractivity contribution in [2.24, 2.45) is 0 Å². The van der Waals surface area contributed by atoms with Crippen molar-refractivity contribution in [3.05, 3.63) is 47.8 Å². The molecule has 7 nitrogen and oxygen atoms in total. The summed E-state index contributed by atoms with van der Waals surface area (Å²) in [4.78, 5) is 22.9. The molecule has 0 bridgehead atoms. The molecular formula is C16H18N4O3. The maximum absolute atomic E-state index is 12.2. The van der Waals surface area contributed by atoms with Crippen molar-refractivity contribution >= 4 is 11.9 Å². The minimum atomic E-state index is -1.16. The van der Waals surface area contributed by atoms with Crippen LogP contribution in [0.15, 0.2) is 36.5 Å². The van der Waals surface area contributed by atoms with Gasteiger partial charge in [-0.15, -0.1) is 5.10 Å². The van der Waals surface area contributed by atoms with Crippen molar-refractivity contribution in [3.8, 4) is 0 Å². The molecule has 0 unspecified atom stereocenters. The van der Waals surface area contributed by atoms with E-state index in [2.05, 4.69) is 27.8 Å². The summed E-state index contributed by atoms with van der Waals surface area (Å²) in [6.45, 7) is -0.0295. The van der Waals surface area contributed by atoms with Crippen molar-refractivity contribution in [2.45, 2.75) is 37.8 Å². The summed E-state index contributed by atoms with van der Waals surface area (Å²) < 4.78 is 1.24. The second kappa shape index (κ2) is 6.60. The molecule has 1 aliphatic rings. The molecule has 2 aromatic rings. The highest BCUT2D eigenvalue weighted by molar-refractivity contribution is 5.84. The summed E-state index contributed by atoms with van der Waals surface area (Å²) in [5, 5.41) is 19.0. The van der Waals surface area contributed by atoms with Gasteiger partial charge in [0.05, 0.1) is 6.20 Å². The number of aromatic nitrogens is 3. The van der Waals surface area contributed by atoms with Crippen LogP contribution in [-0.2, 0) is 11.3 Å². The first-order valence-electron chi connectivity index (χ1n) is 7.61. The van der Waals surface area contributed by atoms with Crippen LogP contribution >= 0.6 is 0 Å². The van der Waals surface area contributed by atoms with Gasteiger partial charge in [-0.3, -0.25) is 4.79 Å². The van der Waals surface area contributed by atoms with Crippen molar-refractivity contribution in [1.82, 2.24) is 20.3 Å². The lowest BCUT2D eigenvalue weighted by Crippen LogP contribution is -2.38. The molecule has 0 aliphatic heterocycles. The molecular weight excluding hydrogens is 296 g/mol. The second-order valence-electron chi connectivity index (χ2n) is 5.73. The third kappa shape index (κ3) is 3.56. The van der Waals surface area contributed by atoms with Crippen LogP contribution < -0.4 is 5.32 Å². The smallest absolute Gasteiger partial charge is 0.358 e. The molecule has 1 amide bonds. The standard InChI is InChI=1S/C16H18N4O3/c21-15(10-20-9-14(16(22)23)18-19-20)17-13-8-4-7-12(13)11-5-2-1-3-6-11/h1-3,5-6,9,12-13H,4,7-8,10H2,(H,17,21)(H,22,23)/t12-,13+/m0/s1. The van der Waals surface area contributed by atoms with E-state index < -0.39 is 5.97 Å². The van der Waals surface area contributed by atoms with Gasteiger partial charge in [0, 0.05) is 12.0 Å². The number of amides is 1. The first kappa shape index (κ1) is 15.2. The monoisotopic (exact) mass is 314 g/mol. The molecule has 1 aromatic heterocycles. The highest BCUT2D eigenvalue weighted by atomic mass is 16.4. The Morgan fingerprint density at radius 3 is 2.74 bits per heavy atom. The summed E-state index contributed by atoms with van der Waals surface area (Å²) in [6.07, 6.45) is 4.34. The van der Waals surface area contributed by atoms with Gasteiger partial charge in [-0.2, -0.15) is 0 Å². The molecule has 23 heavy (non-hydrogen) atoms. The number of carbonyl (C=O) groups is 2. The lowest BCUT2D eigenvalue weighted by atomic mass is 9.94. The van der Waals surface area contributed by atoms with Crippen LogP contribution in [0.3, 0.4) is 0 Å². The quantitative estimate of drug-likeness (QED) is 0.870. The van der Waals surface area contributed by atoms with Gasteiger partial charge in [0.15, 0.2) is 5.69 Å². The Morgan fingerprint density at radius 1 is 1.26 bits per heavy atom. The summed E-state index contributed by atoms with van der Waals surface area (Å²) >= 11 is 0. The minimum absolute atomic E-state index is 0.0295. The van der Waals surface area contributed by atoms with Gasteiger partial charge in [-0.05, 0) is 18.4 Å². The Bertz CT molecular complexity index is 698. The Labute approximate surface area is 133 Å². The second-order valence-corrected chi connectivity index (χ2v) is 5.73. The van der Waals surface area contributed by atoms with Crippen LogP contribution in [0.4, 0.5) is 0 Å². The van der Waals surface area contributed by atoms with E-state index >= 15 is 0 Å². The molecule has 0 spiro atoms. The van der Waals surface area contributed by atoms with Crippen LogP contribution in [0, 0.1) is 0 Å². The summed E-state index contributed by atoms with van der Waals surface area (Å²) in [7, 11) is 0. The SMILES string of the molecule is O=C(Cn1cc(C(=O)O)nn1)N[C@@H]1CCC[C@H]1c1ccccc1. The zero-order chi connectivity index (χ0) is 16.2. The number of hydrogen-bond donors (Lipinski definition) is 2. The van der Waals surface area contributed by atoms with Gasteiger partial charge in [-0.1, -0.05) is 42.0 Å². The third-order valence-corrected chi connectivity index (χ3v) is 4.15. The largest absolute Gasteiger partial charge is 0.476 e. The first-order valence-corrected chi connectivity index (χ1v) is 7.61. The van der Waals surface area contributed by atoms with Crippen LogP contribution in [0.25, 0.3) is 0 Å². The van der Waals surface area contributed by atoms with Gasteiger partial charge in [0.1, 0.15) is 6.54 Å². The van der Waals surface area contributed by atoms with E-state index in [0.29, 0.717) is 5.92 Å². The number of nitrogens with zero attached hydrogens (tertiary/aromatic N) is 3. The van der Waals surface area contributed by atoms with E-state index in [9.17, 15) is 9.59 Å². The topological polar surface area (TPSA) is 97.1 Å². The molecule has 2 atom stereocenters. The van der Waals surface area contributed by atoms with Crippen molar-refractivity contribution in [1.29, 1.82) is 0 Å². The first-order chi connectivity index (χ1) is 11.1. The Kier molecular flexibility index (Phi) is 4.36. The van der Waals surface area contributed by atoms with E-state index in [0.717, 1.165) is 19.3 Å². The van der Waals surface area contributed by atoms with Crippen molar-refractivity contribution < 1.29 is 14.7 Å². The minimum Gasteiger partial charge on any atom is -0.476 e. The van der Waals surface area contributed by atoms with E-state index in [4.69, 9.17) is 5.11 Å². The third-order valence-electron chi connectivity index (χ3n) is 4.15. The highest BCUT2D eigenvalue weighted by Gasteiger charge is 2.29. The number of aromatic carboxylic acids is 1. The fourth-order valence-electron chi connectivity index (χ4n) is 3.11. The van der Waals surface area contributed by atoms with Gasteiger partial charge in [0.25, 0.3) is 0 Å². The van der Waals surface area contributed by atoms with E-state index in [-0.39, 0.29) is 24.2 Å². The van der Waals surface area contributed by atoms with Gasteiger partial charge >= 0.3 is 5.97 Å². The predicted octanol–water partition coefficient (Wildman–Crippen LogP) is 1.43. The molecule has 1 saturated carbocycles. The lowest BCUT2D eigenvalue weighted by molar-refractivity contribution is -0.122. The molecule has 1 aliphatic carbocycles. The molecule has 1 heterocycles. The normalized spacial score (nSPS) is 20.3. The number of rotatable bonds is 5. The fraction of sp³-hybridized carbons (Fsp3) is 0.375. The predicted molar refractivity (Wildman–Crippen MR) is 81.9 cm³/mol. The Balaban J connectivity index is 1.61. The number of benzene rings is 1. The van der Waals surface area contributed by atoms with Gasteiger partial charge < -0.3 is 10.4 Å². The molecule has 3 rings (SSSR count). The maximum Gasteiger partial charge on any atom is 0.358 e. The summed E-state index contributed by atoms with van der Waals surface area (Å²) in [5.41, 5.74) is 1.07. The summed E-state index contributed by atoms with van der Waals surface area (Å²) in [6, 6.07) is 10.3. The molecule has 2 N–H and O–H groups in total. The molecule has 1 aromatic carbocycles. The number of hydrogen-bond acceptors (Lipinski definition) is 4. The number of carboxylic acid groups (broad SMARTS) is 1. The van der Waals surface area contributed by atoms with Crippen LogP contribution in [0.2, 0.25) is 0 Å². The molecule has 0 radical (unpaired) electrons. The van der Waals surface area contributed by atoms with E-state index in [1.807, 2.05) is 18.2 Å². The number of nitrogens with one attached hydrogen (secondary N) is 1. The van der Waals surface area contributed by atoms with Crippen LogP contribution in [-0.4, -0.2) is 38.0 Å². The van der Waals surface area contributed by atoms with Crippen molar-refractivity contribution in [2.75, 3.05) is 0 Å². The maximum atomic E-state index is 12.2. The van der Waals surface area contributed by atoms with E-state index in [1.165, 1.54) is 16.4 Å². The summed E-state index contributed by atoms with van der Waals surface area (Å²) in [5.74, 6) is -1.01.